The van der Waals surface area contributed by atoms with Crippen molar-refractivity contribution in [1.82, 2.24) is 5.32 Å². The Morgan fingerprint density at radius 1 is 1.47 bits per heavy atom. The van der Waals surface area contributed by atoms with E-state index in [9.17, 15) is 13.2 Å². The van der Waals surface area contributed by atoms with Crippen LogP contribution in [-0.2, 0) is 14.6 Å². The summed E-state index contributed by atoms with van der Waals surface area (Å²) in [5.74, 6) is -0.394. The molecule has 1 fully saturated rings. The van der Waals surface area contributed by atoms with Crippen molar-refractivity contribution in [2.45, 2.75) is 25.3 Å². The van der Waals surface area contributed by atoms with Crippen LogP contribution in [0.1, 0.15) is 19.3 Å². The lowest BCUT2D eigenvalue weighted by atomic mass is 9.93. The molecule has 1 heterocycles. The van der Waals surface area contributed by atoms with Gasteiger partial charge in [-0.2, -0.15) is 0 Å². The molecular formula is C9H12N2O3S. The number of sulfone groups is 1. The summed E-state index contributed by atoms with van der Waals surface area (Å²) in [5, 5.41) is 3.34. The molecule has 3 N–H and O–H groups in total. The van der Waals surface area contributed by atoms with Gasteiger partial charge in [-0.05, 0) is 25.3 Å². The highest BCUT2D eigenvalue weighted by atomic mass is 32.2. The van der Waals surface area contributed by atoms with Gasteiger partial charge in [0.15, 0.2) is 0 Å². The molecule has 0 unspecified atom stereocenters. The Bertz CT molecular complexity index is 458. The third-order valence-electron chi connectivity index (χ3n) is 2.67. The van der Waals surface area contributed by atoms with Gasteiger partial charge in [0.05, 0.1) is 5.57 Å². The van der Waals surface area contributed by atoms with E-state index in [0.29, 0.717) is 0 Å². The Balaban J connectivity index is 2.14. The van der Waals surface area contributed by atoms with E-state index < -0.39 is 15.7 Å². The van der Waals surface area contributed by atoms with Crippen LogP contribution in [-0.4, -0.2) is 20.4 Å². The molecule has 6 heteroatoms. The lowest BCUT2D eigenvalue weighted by Gasteiger charge is -2.26. The summed E-state index contributed by atoms with van der Waals surface area (Å²) in [5.41, 5.74) is 5.42. The van der Waals surface area contributed by atoms with Crippen LogP contribution in [0.3, 0.4) is 0 Å². The maximum atomic E-state index is 11.6. The number of nitrogens with one attached hydrogen (secondary N) is 1. The summed E-state index contributed by atoms with van der Waals surface area (Å²) >= 11 is 0. The number of carbonyl (C=O) groups excluding carboxylic acids is 1. The fourth-order valence-electron chi connectivity index (χ4n) is 1.47. The Morgan fingerprint density at radius 2 is 2.13 bits per heavy atom. The molecule has 0 bridgehead atoms. The topological polar surface area (TPSA) is 89.3 Å². The number of carbonyl (C=O) groups is 1. The number of amides is 1. The van der Waals surface area contributed by atoms with Crippen molar-refractivity contribution in [2.75, 3.05) is 0 Å². The standard InChI is InChI=1S/C9H12N2O3S/c10-8-7(4-5-15(8,13)14)9(12)11-6-2-1-3-6/h4-6H,1-3,10H2,(H,11,12). The molecule has 1 aliphatic carbocycles. The van der Waals surface area contributed by atoms with Crippen LogP contribution < -0.4 is 11.1 Å². The van der Waals surface area contributed by atoms with Gasteiger partial charge < -0.3 is 11.1 Å². The monoisotopic (exact) mass is 228 g/mol. The first-order valence-electron chi connectivity index (χ1n) is 4.74. The van der Waals surface area contributed by atoms with Crippen LogP contribution in [0.15, 0.2) is 22.1 Å². The second kappa shape index (κ2) is 3.37. The van der Waals surface area contributed by atoms with Gasteiger partial charge in [0.25, 0.3) is 5.91 Å². The summed E-state index contributed by atoms with van der Waals surface area (Å²) in [7, 11) is -3.53. The van der Waals surface area contributed by atoms with E-state index in [1.165, 1.54) is 6.08 Å². The normalized spacial score (nSPS) is 24.0. The Hall–Kier alpha value is -1.30. The van der Waals surface area contributed by atoms with Gasteiger partial charge in [-0.3, -0.25) is 4.79 Å². The molecule has 0 atom stereocenters. The molecule has 2 aliphatic rings. The van der Waals surface area contributed by atoms with E-state index in [4.69, 9.17) is 5.73 Å². The first-order chi connectivity index (χ1) is 7.00. The Labute approximate surface area is 87.9 Å². The average Bonchev–Trinajstić information content (AvgIpc) is 2.35. The SMILES string of the molecule is NC1=C(C(=O)NC2CCC2)C=CS1(=O)=O. The van der Waals surface area contributed by atoms with Crippen LogP contribution in [0.2, 0.25) is 0 Å². The molecule has 82 valence electrons. The van der Waals surface area contributed by atoms with Crippen molar-refractivity contribution in [3.05, 3.63) is 22.1 Å². The third kappa shape index (κ3) is 1.77. The molecule has 1 saturated carbocycles. The zero-order valence-electron chi connectivity index (χ0n) is 8.06. The maximum Gasteiger partial charge on any atom is 0.254 e. The highest BCUT2D eigenvalue weighted by molar-refractivity contribution is 7.98. The van der Waals surface area contributed by atoms with Crippen molar-refractivity contribution in [3.63, 3.8) is 0 Å². The van der Waals surface area contributed by atoms with E-state index in [0.717, 1.165) is 24.7 Å². The van der Waals surface area contributed by atoms with Gasteiger partial charge in [-0.15, -0.1) is 0 Å². The van der Waals surface area contributed by atoms with Gasteiger partial charge in [-0.1, -0.05) is 0 Å². The fourth-order valence-corrected chi connectivity index (χ4v) is 2.40. The van der Waals surface area contributed by atoms with Gasteiger partial charge >= 0.3 is 0 Å². The molecule has 15 heavy (non-hydrogen) atoms. The Kier molecular flexibility index (Phi) is 2.30. The lowest BCUT2D eigenvalue weighted by Crippen LogP contribution is -2.40. The molecule has 0 radical (unpaired) electrons. The predicted molar refractivity (Wildman–Crippen MR) is 55.1 cm³/mol. The van der Waals surface area contributed by atoms with Crippen LogP contribution in [0.5, 0.6) is 0 Å². The quantitative estimate of drug-likeness (QED) is 0.683. The summed E-state index contributed by atoms with van der Waals surface area (Å²) < 4.78 is 22.4. The Morgan fingerprint density at radius 3 is 2.53 bits per heavy atom. The molecule has 2 rings (SSSR count). The van der Waals surface area contributed by atoms with E-state index in [1.54, 1.807) is 0 Å². The van der Waals surface area contributed by atoms with Crippen LogP contribution in [0.4, 0.5) is 0 Å². The zero-order chi connectivity index (χ0) is 11.1. The molecule has 0 spiro atoms. The summed E-state index contributed by atoms with van der Waals surface area (Å²) in [6, 6.07) is 0.175. The average molecular weight is 228 g/mol. The van der Waals surface area contributed by atoms with Crippen LogP contribution in [0.25, 0.3) is 0 Å². The van der Waals surface area contributed by atoms with Gasteiger partial charge in [0.1, 0.15) is 5.03 Å². The molecule has 1 amide bonds. The molecule has 0 saturated heterocycles. The minimum atomic E-state index is -3.53. The van der Waals surface area contributed by atoms with Crippen molar-refractivity contribution in [2.24, 2.45) is 5.73 Å². The van der Waals surface area contributed by atoms with Crippen molar-refractivity contribution in [3.8, 4) is 0 Å². The van der Waals surface area contributed by atoms with Gasteiger partial charge in [-0.25, -0.2) is 8.42 Å². The molecule has 0 aromatic heterocycles. The van der Waals surface area contributed by atoms with Crippen molar-refractivity contribution >= 4 is 15.7 Å². The molecular weight excluding hydrogens is 216 g/mol. The maximum absolute atomic E-state index is 11.6. The van der Waals surface area contributed by atoms with E-state index in [1.807, 2.05) is 0 Å². The summed E-state index contributed by atoms with van der Waals surface area (Å²) in [4.78, 5) is 11.6. The zero-order valence-corrected chi connectivity index (χ0v) is 8.88. The minimum Gasteiger partial charge on any atom is -0.389 e. The number of nitrogens with two attached hydrogens (primary N) is 1. The predicted octanol–water partition coefficient (Wildman–Crippen LogP) is -0.233. The van der Waals surface area contributed by atoms with Crippen LogP contribution >= 0.6 is 0 Å². The van der Waals surface area contributed by atoms with E-state index in [-0.39, 0.29) is 16.6 Å². The van der Waals surface area contributed by atoms with E-state index >= 15 is 0 Å². The number of hydrogen-bond donors (Lipinski definition) is 2. The molecule has 0 aromatic carbocycles. The second-order valence-electron chi connectivity index (χ2n) is 3.73. The van der Waals surface area contributed by atoms with E-state index in [2.05, 4.69) is 5.32 Å². The first-order valence-corrected chi connectivity index (χ1v) is 6.29. The molecule has 1 aliphatic heterocycles. The highest BCUT2D eigenvalue weighted by Gasteiger charge is 2.28. The largest absolute Gasteiger partial charge is 0.389 e. The smallest absolute Gasteiger partial charge is 0.254 e. The summed E-state index contributed by atoms with van der Waals surface area (Å²) in [6.07, 6.45) is 4.26. The van der Waals surface area contributed by atoms with Crippen molar-refractivity contribution in [1.29, 1.82) is 0 Å². The number of hydrogen-bond acceptors (Lipinski definition) is 4. The lowest BCUT2D eigenvalue weighted by molar-refractivity contribution is -0.118. The molecule has 5 nitrogen and oxygen atoms in total. The van der Waals surface area contributed by atoms with Gasteiger partial charge in [0, 0.05) is 11.4 Å². The van der Waals surface area contributed by atoms with Crippen LogP contribution in [0, 0.1) is 0 Å². The first kappa shape index (κ1) is 10.2. The van der Waals surface area contributed by atoms with Gasteiger partial charge in [0.2, 0.25) is 9.84 Å². The summed E-state index contributed by atoms with van der Waals surface area (Å²) in [6.45, 7) is 0. The number of rotatable bonds is 2. The molecule has 0 aromatic rings. The minimum absolute atomic E-state index is 0.0573. The third-order valence-corrected chi connectivity index (χ3v) is 4.00. The highest BCUT2D eigenvalue weighted by Crippen LogP contribution is 2.22. The van der Waals surface area contributed by atoms with Crippen molar-refractivity contribution < 1.29 is 13.2 Å². The second-order valence-corrected chi connectivity index (χ2v) is 5.53. The fraction of sp³-hybridized carbons (Fsp3) is 0.444.